The molecule has 6 nitrogen and oxygen atoms in total. The Morgan fingerprint density at radius 3 is 2.85 bits per heavy atom. The number of hydrogen-bond donors (Lipinski definition) is 0. The number of carbonyl (C=O) groups is 1. The molecule has 6 heteroatoms. The Kier molecular flexibility index (Phi) is 5.85. The maximum absolute atomic E-state index is 12.7. The van der Waals surface area contributed by atoms with E-state index >= 15 is 0 Å². The van der Waals surface area contributed by atoms with Crippen molar-refractivity contribution in [1.82, 2.24) is 9.88 Å². The van der Waals surface area contributed by atoms with Crippen LogP contribution >= 0.6 is 0 Å². The normalized spacial score (nSPS) is 17.8. The molecular weight excluding hydrogens is 344 g/mol. The number of benzene rings is 1. The van der Waals surface area contributed by atoms with E-state index in [0.717, 1.165) is 36.5 Å². The first-order valence-corrected chi connectivity index (χ1v) is 9.35. The van der Waals surface area contributed by atoms with E-state index in [1.807, 2.05) is 29.2 Å². The lowest BCUT2D eigenvalue weighted by molar-refractivity contribution is -0.152. The molecule has 27 heavy (non-hydrogen) atoms. The number of ether oxygens (including phenoxy) is 2. The number of aromatic nitrogens is 1. The van der Waals surface area contributed by atoms with E-state index in [-0.39, 0.29) is 11.8 Å². The Bertz CT molecular complexity index is 784. The van der Waals surface area contributed by atoms with Gasteiger partial charge in [0.15, 0.2) is 5.89 Å². The quantitative estimate of drug-likeness (QED) is 0.777. The number of carbonyl (C=O) groups excluding carboxylic acids is 1. The summed E-state index contributed by atoms with van der Waals surface area (Å²) < 4.78 is 16.8. The van der Waals surface area contributed by atoms with Crippen LogP contribution in [-0.4, -0.2) is 48.7 Å². The van der Waals surface area contributed by atoms with Crippen LogP contribution in [0.5, 0.6) is 5.75 Å². The molecular formula is C21H28N2O4. The Labute approximate surface area is 160 Å². The van der Waals surface area contributed by atoms with Gasteiger partial charge in [-0.3, -0.25) is 4.79 Å². The molecule has 0 spiro atoms. The molecule has 2 aromatic rings. The predicted octanol–water partition coefficient (Wildman–Crippen LogP) is 3.41. The molecule has 2 heterocycles. The van der Waals surface area contributed by atoms with Crippen LogP contribution in [0, 0.1) is 0 Å². The van der Waals surface area contributed by atoms with Crippen molar-refractivity contribution in [2.24, 2.45) is 0 Å². The summed E-state index contributed by atoms with van der Waals surface area (Å²) in [6.07, 6.45) is 4.30. The summed E-state index contributed by atoms with van der Waals surface area (Å²) in [5, 5.41) is 0. The number of oxazole rings is 1. The number of rotatable bonds is 6. The van der Waals surface area contributed by atoms with Crippen LogP contribution in [0.3, 0.4) is 0 Å². The summed E-state index contributed by atoms with van der Waals surface area (Å²) in [6, 6.07) is 7.89. The van der Waals surface area contributed by atoms with Crippen molar-refractivity contribution in [3.63, 3.8) is 0 Å². The number of piperidine rings is 1. The van der Waals surface area contributed by atoms with Crippen molar-refractivity contribution in [1.29, 1.82) is 0 Å². The topological polar surface area (TPSA) is 64.8 Å². The summed E-state index contributed by atoms with van der Waals surface area (Å²) >= 11 is 0. The molecule has 0 bridgehead atoms. The van der Waals surface area contributed by atoms with Crippen LogP contribution < -0.4 is 4.74 Å². The maximum Gasteiger partial charge on any atom is 0.254 e. The molecule has 146 valence electrons. The Hall–Kier alpha value is -2.34. The third kappa shape index (κ3) is 4.33. The Balaban J connectivity index is 1.70. The highest BCUT2D eigenvalue weighted by atomic mass is 16.5. The molecule has 1 aliphatic heterocycles. The molecule has 1 aromatic carbocycles. The monoisotopic (exact) mass is 372 g/mol. The molecule has 3 rings (SSSR count). The standard InChI is InChI=1S/C21H28N2O4/c1-21(2,26-4)20(24)23-11-7-9-16(14-23)19-22-13-17(27-19)12-15-8-5-6-10-18(15)25-3/h5-6,8,10,13,16H,7,9,11-12,14H2,1-4H3/t16-/m0/s1. The van der Waals surface area contributed by atoms with Crippen LogP contribution in [0.15, 0.2) is 34.9 Å². The van der Waals surface area contributed by atoms with Gasteiger partial charge in [0.25, 0.3) is 5.91 Å². The Morgan fingerprint density at radius 1 is 1.33 bits per heavy atom. The number of likely N-dealkylation sites (tertiary alicyclic amines) is 1. The van der Waals surface area contributed by atoms with E-state index in [2.05, 4.69) is 4.98 Å². The van der Waals surface area contributed by atoms with Crippen LogP contribution in [0.4, 0.5) is 0 Å². The summed E-state index contributed by atoms with van der Waals surface area (Å²) in [6.45, 7) is 4.96. The molecule has 0 saturated carbocycles. The molecule has 1 atom stereocenters. The summed E-state index contributed by atoms with van der Waals surface area (Å²) in [4.78, 5) is 19.0. The fourth-order valence-electron chi connectivity index (χ4n) is 3.46. The second kappa shape index (κ2) is 8.13. The number of nitrogens with zero attached hydrogens (tertiary/aromatic N) is 2. The third-order valence-corrected chi connectivity index (χ3v) is 5.21. The van der Waals surface area contributed by atoms with Gasteiger partial charge in [-0.2, -0.15) is 0 Å². The number of hydrogen-bond acceptors (Lipinski definition) is 5. The predicted molar refractivity (Wildman–Crippen MR) is 102 cm³/mol. The van der Waals surface area contributed by atoms with Gasteiger partial charge in [-0.05, 0) is 32.8 Å². The molecule has 0 aliphatic carbocycles. The van der Waals surface area contributed by atoms with Gasteiger partial charge >= 0.3 is 0 Å². The van der Waals surface area contributed by atoms with E-state index in [9.17, 15) is 4.79 Å². The molecule has 1 aliphatic rings. The molecule has 0 unspecified atom stereocenters. The lowest BCUT2D eigenvalue weighted by Crippen LogP contribution is -2.49. The van der Waals surface area contributed by atoms with Crippen LogP contribution in [0.2, 0.25) is 0 Å². The van der Waals surface area contributed by atoms with Crippen molar-refractivity contribution in [2.45, 2.75) is 44.6 Å². The van der Waals surface area contributed by atoms with Crippen molar-refractivity contribution in [2.75, 3.05) is 27.3 Å². The molecule has 1 amide bonds. The largest absolute Gasteiger partial charge is 0.496 e. The minimum atomic E-state index is -0.812. The molecule has 1 aromatic heterocycles. The highest BCUT2D eigenvalue weighted by Crippen LogP contribution is 2.29. The van der Waals surface area contributed by atoms with Crippen molar-refractivity contribution in [3.8, 4) is 5.75 Å². The minimum Gasteiger partial charge on any atom is -0.496 e. The zero-order chi connectivity index (χ0) is 19.4. The van der Waals surface area contributed by atoms with E-state index in [1.54, 1.807) is 34.3 Å². The summed E-state index contributed by atoms with van der Waals surface area (Å²) in [7, 11) is 3.23. The second-order valence-electron chi connectivity index (χ2n) is 7.46. The third-order valence-electron chi connectivity index (χ3n) is 5.21. The van der Waals surface area contributed by atoms with Gasteiger partial charge in [-0.1, -0.05) is 18.2 Å². The average molecular weight is 372 g/mol. The fourth-order valence-corrected chi connectivity index (χ4v) is 3.46. The van der Waals surface area contributed by atoms with Gasteiger partial charge in [-0.25, -0.2) is 4.98 Å². The SMILES string of the molecule is COc1ccccc1Cc1cnc([C@H]2CCCN(C(=O)C(C)(C)OC)C2)o1. The highest BCUT2D eigenvalue weighted by Gasteiger charge is 2.35. The van der Waals surface area contributed by atoms with E-state index in [0.29, 0.717) is 18.9 Å². The first kappa shape index (κ1) is 19.4. The van der Waals surface area contributed by atoms with Gasteiger partial charge < -0.3 is 18.8 Å². The highest BCUT2D eigenvalue weighted by molar-refractivity contribution is 5.84. The Morgan fingerprint density at radius 2 is 2.11 bits per heavy atom. The lowest BCUT2D eigenvalue weighted by Gasteiger charge is -2.36. The molecule has 0 N–H and O–H groups in total. The van der Waals surface area contributed by atoms with Crippen LogP contribution in [0.1, 0.15) is 49.8 Å². The average Bonchev–Trinajstić information content (AvgIpc) is 3.16. The minimum absolute atomic E-state index is 0.00972. The number of amides is 1. The van der Waals surface area contributed by atoms with Crippen molar-refractivity contribution in [3.05, 3.63) is 47.7 Å². The lowest BCUT2D eigenvalue weighted by atomic mass is 9.96. The first-order valence-electron chi connectivity index (χ1n) is 9.35. The first-order chi connectivity index (χ1) is 12.9. The fraction of sp³-hybridized carbons (Fsp3) is 0.524. The van der Waals surface area contributed by atoms with E-state index in [1.165, 1.54) is 0 Å². The molecule has 1 saturated heterocycles. The van der Waals surface area contributed by atoms with E-state index in [4.69, 9.17) is 13.9 Å². The zero-order valence-electron chi connectivity index (χ0n) is 16.5. The van der Waals surface area contributed by atoms with E-state index < -0.39 is 5.60 Å². The second-order valence-corrected chi connectivity index (χ2v) is 7.46. The van der Waals surface area contributed by atoms with Crippen molar-refractivity contribution >= 4 is 5.91 Å². The van der Waals surface area contributed by atoms with Gasteiger partial charge in [0.05, 0.1) is 19.2 Å². The number of para-hydroxylation sites is 1. The van der Waals surface area contributed by atoms with Gasteiger partial charge in [0.2, 0.25) is 0 Å². The summed E-state index contributed by atoms with van der Waals surface area (Å²) in [5.41, 5.74) is 0.248. The smallest absolute Gasteiger partial charge is 0.254 e. The zero-order valence-corrected chi connectivity index (χ0v) is 16.5. The van der Waals surface area contributed by atoms with Gasteiger partial charge in [0.1, 0.15) is 17.1 Å². The maximum atomic E-state index is 12.7. The number of methoxy groups -OCH3 is 2. The van der Waals surface area contributed by atoms with Crippen molar-refractivity contribution < 1.29 is 18.7 Å². The van der Waals surface area contributed by atoms with Crippen LogP contribution in [-0.2, 0) is 16.0 Å². The van der Waals surface area contributed by atoms with Gasteiger partial charge in [0, 0.05) is 32.2 Å². The summed E-state index contributed by atoms with van der Waals surface area (Å²) in [5.74, 6) is 2.46. The molecule has 1 fully saturated rings. The van der Waals surface area contributed by atoms with Crippen LogP contribution in [0.25, 0.3) is 0 Å². The van der Waals surface area contributed by atoms with Gasteiger partial charge in [-0.15, -0.1) is 0 Å². The molecule has 0 radical (unpaired) electrons.